The maximum Gasteiger partial charge on any atom is 0.407 e. The average molecular weight is 516 g/mol. The molecule has 38 heavy (non-hydrogen) atoms. The molecule has 7 nitrogen and oxygen atoms in total. The molecular weight excluding hydrogens is 478 g/mol. The van der Waals surface area contributed by atoms with Gasteiger partial charge in [0.2, 0.25) is 11.8 Å². The maximum atomic E-state index is 12.2. The Hall–Kier alpha value is -4.13. The summed E-state index contributed by atoms with van der Waals surface area (Å²) in [6.07, 6.45) is 2.93. The third-order valence-electron chi connectivity index (χ3n) is 6.06. The molecule has 0 aliphatic heterocycles. The summed E-state index contributed by atoms with van der Waals surface area (Å²) in [7, 11) is 0. The summed E-state index contributed by atoms with van der Waals surface area (Å²) >= 11 is 0. The van der Waals surface area contributed by atoms with Gasteiger partial charge in [-0.2, -0.15) is 0 Å². The fourth-order valence-corrected chi connectivity index (χ4v) is 3.85. The molecule has 3 aromatic carbocycles. The average Bonchev–Trinajstić information content (AvgIpc) is 3.72. The molecular formula is C31H37N3O4. The molecule has 0 unspecified atom stereocenters. The van der Waals surface area contributed by atoms with Crippen LogP contribution in [0.25, 0.3) is 11.1 Å². The second-order valence-electron chi connectivity index (χ2n) is 9.53. The Balaban J connectivity index is 0.000000494. The fourth-order valence-electron chi connectivity index (χ4n) is 3.85. The molecule has 0 aromatic heterocycles. The first-order valence-electron chi connectivity index (χ1n) is 13.1. The summed E-state index contributed by atoms with van der Waals surface area (Å²) in [4.78, 5) is 36.4. The Morgan fingerprint density at radius 1 is 0.895 bits per heavy atom. The van der Waals surface area contributed by atoms with Crippen LogP contribution >= 0.6 is 0 Å². The van der Waals surface area contributed by atoms with Crippen LogP contribution in [0.4, 0.5) is 10.5 Å². The highest BCUT2D eigenvalue weighted by Crippen LogP contribution is 2.24. The lowest BCUT2D eigenvalue weighted by atomic mass is 10.0. The molecule has 1 saturated carbocycles. The van der Waals surface area contributed by atoms with Crippen molar-refractivity contribution in [3.63, 3.8) is 0 Å². The highest BCUT2D eigenvalue weighted by atomic mass is 16.4. The second kappa shape index (κ2) is 14.6. The lowest BCUT2D eigenvalue weighted by molar-refractivity contribution is -0.121. The highest BCUT2D eigenvalue weighted by molar-refractivity contribution is 5.94. The van der Waals surface area contributed by atoms with Gasteiger partial charge in [-0.05, 0) is 61.4 Å². The number of rotatable bonds is 10. The van der Waals surface area contributed by atoms with Crippen molar-refractivity contribution in [2.45, 2.75) is 52.0 Å². The molecule has 1 fully saturated rings. The van der Waals surface area contributed by atoms with Crippen molar-refractivity contribution in [2.75, 3.05) is 18.4 Å². The smallest absolute Gasteiger partial charge is 0.407 e. The van der Waals surface area contributed by atoms with Gasteiger partial charge in [-0.3, -0.25) is 14.5 Å². The van der Waals surface area contributed by atoms with Gasteiger partial charge in [0.05, 0.1) is 0 Å². The quantitative estimate of drug-likeness (QED) is 0.314. The molecule has 3 aromatic rings. The van der Waals surface area contributed by atoms with E-state index >= 15 is 0 Å². The first-order valence-corrected chi connectivity index (χ1v) is 13.1. The Morgan fingerprint density at radius 3 is 2.18 bits per heavy atom. The van der Waals surface area contributed by atoms with E-state index in [1.807, 2.05) is 67.6 Å². The zero-order chi connectivity index (χ0) is 27.3. The van der Waals surface area contributed by atoms with Gasteiger partial charge in [0, 0.05) is 24.7 Å². The normalized spacial score (nSPS) is 12.1. The van der Waals surface area contributed by atoms with E-state index in [2.05, 4.69) is 29.7 Å². The van der Waals surface area contributed by atoms with E-state index in [0.717, 1.165) is 34.4 Å². The minimum absolute atomic E-state index is 0.107. The number of nitrogens with zero attached hydrogens (tertiary/aromatic N) is 1. The topological polar surface area (TPSA) is 98.7 Å². The molecule has 0 heterocycles. The first-order chi connectivity index (χ1) is 18.3. The zero-order valence-corrected chi connectivity index (χ0v) is 22.2. The molecule has 0 radical (unpaired) electrons. The van der Waals surface area contributed by atoms with Crippen LogP contribution in [0.2, 0.25) is 0 Å². The number of anilines is 1. The van der Waals surface area contributed by atoms with Crippen molar-refractivity contribution in [2.24, 2.45) is 0 Å². The number of benzene rings is 3. The van der Waals surface area contributed by atoms with Gasteiger partial charge in [0.25, 0.3) is 0 Å². The predicted molar refractivity (Wildman–Crippen MR) is 151 cm³/mol. The van der Waals surface area contributed by atoms with Crippen LogP contribution in [0.1, 0.15) is 43.7 Å². The minimum Gasteiger partial charge on any atom is -0.465 e. The molecule has 1 aliphatic carbocycles. The molecule has 4 rings (SSSR count). The molecule has 0 atom stereocenters. The Kier molecular flexibility index (Phi) is 10.9. The molecule has 3 N–H and O–H groups in total. The van der Waals surface area contributed by atoms with Crippen molar-refractivity contribution in [3.05, 3.63) is 90.0 Å². The van der Waals surface area contributed by atoms with Crippen LogP contribution in [0.15, 0.2) is 78.9 Å². The Labute approximate surface area is 224 Å². The van der Waals surface area contributed by atoms with E-state index in [9.17, 15) is 14.4 Å². The van der Waals surface area contributed by atoms with Crippen molar-refractivity contribution >= 4 is 23.6 Å². The fraction of sp³-hybridized carbons (Fsp3) is 0.323. The van der Waals surface area contributed by atoms with Crippen LogP contribution in [-0.4, -0.2) is 47.0 Å². The third-order valence-corrected chi connectivity index (χ3v) is 6.06. The summed E-state index contributed by atoms with van der Waals surface area (Å²) in [5.41, 5.74) is 4.98. The van der Waals surface area contributed by atoms with E-state index in [0.29, 0.717) is 37.5 Å². The Morgan fingerprint density at radius 2 is 1.61 bits per heavy atom. The number of amides is 3. The lowest BCUT2D eigenvalue weighted by Gasteiger charge is -2.17. The largest absolute Gasteiger partial charge is 0.465 e. The summed E-state index contributed by atoms with van der Waals surface area (Å²) in [5, 5.41) is 14.9. The van der Waals surface area contributed by atoms with E-state index in [1.165, 1.54) is 5.56 Å². The van der Waals surface area contributed by atoms with E-state index in [-0.39, 0.29) is 18.4 Å². The molecule has 0 bridgehead atoms. The molecule has 1 aliphatic rings. The first kappa shape index (κ1) is 28.4. The van der Waals surface area contributed by atoms with Crippen LogP contribution in [0.5, 0.6) is 0 Å². The van der Waals surface area contributed by atoms with Gasteiger partial charge in [-0.1, -0.05) is 79.2 Å². The van der Waals surface area contributed by atoms with Crippen LogP contribution in [-0.2, 0) is 16.0 Å². The number of hydrogen-bond donors (Lipinski definition) is 3. The predicted octanol–water partition coefficient (Wildman–Crippen LogP) is 5.89. The van der Waals surface area contributed by atoms with Gasteiger partial charge < -0.3 is 15.7 Å². The summed E-state index contributed by atoms with van der Waals surface area (Å²) in [5.74, 6) is -0.261. The van der Waals surface area contributed by atoms with Crippen molar-refractivity contribution in [3.8, 4) is 11.1 Å². The molecule has 0 spiro atoms. The summed E-state index contributed by atoms with van der Waals surface area (Å²) < 4.78 is 0. The van der Waals surface area contributed by atoms with Crippen molar-refractivity contribution in [1.82, 2.24) is 10.2 Å². The molecule has 200 valence electrons. The van der Waals surface area contributed by atoms with Crippen LogP contribution < -0.4 is 10.6 Å². The number of carboxylic acid groups (broad SMARTS) is 1. The van der Waals surface area contributed by atoms with Gasteiger partial charge >= 0.3 is 6.09 Å². The van der Waals surface area contributed by atoms with Gasteiger partial charge in [0.15, 0.2) is 0 Å². The number of carbonyl (C=O) groups excluding carboxylic acids is 2. The summed E-state index contributed by atoms with van der Waals surface area (Å²) in [6, 6.07) is 26.1. The van der Waals surface area contributed by atoms with E-state index in [1.54, 1.807) is 6.07 Å². The number of carbonyl (C=O) groups is 3. The summed E-state index contributed by atoms with van der Waals surface area (Å²) in [6.45, 7) is 4.07. The van der Waals surface area contributed by atoms with E-state index in [4.69, 9.17) is 5.11 Å². The lowest BCUT2D eigenvalue weighted by Crippen LogP contribution is -2.37. The maximum absolute atomic E-state index is 12.2. The Bertz CT molecular complexity index is 1190. The molecule has 7 heteroatoms. The number of aryl methyl sites for hydroxylation is 2. The van der Waals surface area contributed by atoms with Gasteiger partial charge in [0.1, 0.15) is 6.54 Å². The van der Waals surface area contributed by atoms with E-state index < -0.39 is 6.09 Å². The van der Waals surface area contributed by atoms with Crippen molar-refractivity contribution in [1.29, 1.82) is 0 Å². The van der Waals surface area contributed by atoms with Crippen molar-refractivity contribution < 1.29 is 19.5 Å². The van der Waals surface area contributed by atoms with Gasteiger partial charge in [-0.15, -0.1) is 0 Å². The third kappa shape index (κ3) is 10.1. The number of nitrogens with one attached hydrogen (secondary N) is 2. The van der Waals surface area contributed by atoms with Crippen LogP contribution in [0.3, 0.4) is 0 Å². The van der Waals surface area contributed by atoms with Gasteiger partial charge in [-0.25, -0.2) is 4.79 Å². The molecule has 3 amide bonds. The highest BCUT2D eigenvalue weighted by Gasteiger charge is 2.22. The second-order valence-corrected chi connectivity index (χ2v) is 9.53. The standard InChI is InChI=1S/C24H29N3O4.C7H8/c1-2-14-27(24(30)31)16-23(29)26-21-5-3-4-19(15-21)18-9-6-17(7-10-18)8-13-22(28)25-20-11-12-20;1-7-5-3-2-4-6-7/h3-7,9-10,15,20H,2,8,11-14,16H2,1H3,(H,25,28)(H,26,29)(H,30,31);2-6H,1H3. The minimum atomic E-state index is -1.10. The zero-order valence-electron chi connectivity index (χ0n) is 22.2. The molecule has 0 saturated heterocycles. The monoisotopic (exact) mass is 515 g/mol. The SMILES string of the molecule is CCCN(CC(=O)Nc1cccc(-c2ccc(CCC(=O)NC3CC3)cc2)c1)C(=O)O.Cc1ccccc1. The number of hydrogen-bond acceptors (Lipinski definition) is 3. The van der Waals surface area contributed by atoms with Crippen LogP contribution in [0, 0.1) is 6.92 Å².